The van der Waals surface area contributed by atoms with Gasteiger partial charge >= 0.3 is 0 Å². The van der Waals surface area contributed by atoms with Crippen molar-refractivity contribution in [3.63, 3.8) is 0 Å². The average molecular weight is 332 g/mol. The Labute approximate surface area is 104 Å². The van der Waals surface area contributed by atoms with E-state index in [2.05, 4.69) is 10.5 Å². The first-order valence-corrected chi connectivity index (χ1v) is 5.11. The lowest BCUT2D eigenvalue weighted by molar-refractivity contribution is -0.111. The van der Waals surface area contributed by atoms with E-state index >= 15 is 0 Å². The lowest BCUT2D eigenvalue weighted by Gasteiger charge is -2.02. The number of anilines is 1. The van der Waals surface area contributed by atoms with E-state index in [0.29, 0.717) is 0 Å². The molecule has 1 aromatic carbocycles. The Morgan fingerprint density at radius 1 is 1.62 bits per heavy atom. The molecule has 0 aliphatic rings. The Bertz CT molecular complexity index is 495. The molecule has 0 unspecified atom stereocenters. The van der Waals surface area contributed by atoms with Crippen molar-refractivity contribution in [3.8, 4) is 6.07 Å². The number of hydrazone groups is 1. The summed E-state index contributed by atoms with van der Waals surface area (Å²) in [7, 11) is 0. The molecular formula is C9H6FIN4O. The second-order valence-electron chi connectivity index (χ2n) is 2.67. The fourth-order valence-electron chi connectivity index (χ4n) is 0.831. The summed E-state index contributed by atoms with van der Waals surface area (Å²) in [5.41, 5.74) is 6.65. The van der Waals surface area contributed by atoms with Crippen LogP contribution in [-0.2, 0) is 4.79 Å². The van der Waals surface area contributed by atoms with Crippen molar-refractivity contribution >= 4 is 39.9 Å². The molecular weight excluding hydrogens is 326 g/mol. The van der Waals surface area contributed by atoms with E-state index in [4.69, 9.17) is 11.0 Å². The van der Waals surface area contributed by atoms with E-state index in [1.807, 2.05) is 22.6 Å². The van der Waals surface area contributed by atoms with Crippen molar-refractivity contribution < 1.29 is 9.18 Å². The minimum atomic E-state index is -0.971. The first-order valence-electron chi connectivity index (χ1n) is 4.03. The quantitative estimate of drug-likeness (QED) is 0.495. The molecule has 5 nitrogen and oxygen atoms in total. The van der Waals surface area contributed by atoms with Crippen molar-refractivity contribution in [2.24, 2.45) is 10.8 Å². The molecule has 1 rings (SSSR count). The van der Waals surface area contributed by atoms with Crippen LogP contribution < -0.4 is 11.2 Å². The summed E-state index contributed by atoms with van der Waals surface area (Å²) in [5, 5.41) is 11.9. The SMILES string of the molecule is N#CC(=NNc1ccc(I)cc1F)C(N)=O. The summed E-state index contributed by atoms with van der Waals surface area (Å²) >= 11 is 1.95. The maximum Gasteiger partial charge on any atom is 0.280 e. The highest BCUT2D eigenvalue weighted by molar-refractivity contribution is 14.1. The number of halogens is 2. The Morgan fingerprint density at radius 3 is 2.81 bits per heavy atom. The van der Waals surface area contributed by atoms with E-state index in [1.165, 1.54) is 18.2 Å². The average Bonchev–Trinajstić information content (AvgIpc) is 2.21. The Morgan fingerprint density at radius 2 is 2.31 bits per heavy atom. The molecule has 16 heavy (non-hydrogen) atoms. The van der Waals surface area contributed by atoms with Gasteiger partial charge in [0.15, 0.2) is 0 Å². The van der Waals surface area contributed by atoms with Crippen molar-refractivity contribution in [1.82, 2.24) is 0 Å². The van der Waals surface area contributed by atoms with Crippen LogP contribution in [0.3, 0.4) is 0 Å². The van der Waals surface area contributed by atoms with Gasteiger partial charge in [0.05, 0.1) is 5.69 Å². The van der Waals surface area contributed by atoms with Gasteiger partial charge in [-0.25, -0.2) is 4.39 Å². The van der Waals surface area contributed by atoms with E-state index in [1.54, 1.807) is 6.07 Å². The predicted octanol–water partition coefficient (Wildman–Crippen LogP) is 1.21. The van der Waals surface area contributed by atoms with E-state index in [0.717, 1.165) is 3.57 Å². The minimum absolute atomic E-state index is 0.0643. The molecule has 0 fully saturated rings. The summed E-state index contributed by atoms with van der Waals surface area (Å²) in [6.07, 6.45) is 0. The number of rotatable bonds is 3. The molecule has 1 amide bonds. The first kappa shape index (κ1) is 12.4. The molecule has 82 valence electrons. The summed E-state index contributed by atoms with van der Waals surface area (Å²) < 4.78 is 14.0. The van der Waals surface area contributed by atoms with Gasteiger partial charge in [0.1, 0.15) is 11.9 Å². The highest BCUT2D eigenvalue weighted by atomic mass is 127. The number of nitrogens with one attached hydrogen (secondary N) is 1. The maximum absolute atomic E-state index is 13.3. The zero-order valence-electron chi connectivity index (χ0n) is 7.87. The molecule has 0 heterocycles. The van der Waals surface area contributed by atoms with Gasteiger partial charge < -0.3 is 5.73 Å². The van der Waals surface area contributed by atoms with E-state index in [-0.39, 0.29) is 5.69 Å². The molecule has 0 atom stereocenters. The van der Waals surface area contributed by atoms with Crippen LogP contribution in [0.2, 0.25) is 0 Å². The van der Waals surface area contributed by atoms with Crippen LogP contribution in [0.25, 0.3) is 0 Å². The van der Waals surface area contributed by atoms with Gasteiger partial charge in [0.2, 0.25) is 5.71 Å². The summed E-state index contributed by atoms with van der Waals surface area (Å²) in [5.74, 6) is -1.50. The number of nitrogens with two attached hydrogens (primary N) is 1. The predicted molar refractivity (Wildman–Crippen MR) is 65.0 cm³/mol. The molecule has 0 spiro atoms. The fraction of sp³-hybridized carbons (Fsp3) is 0. The van der Waals surface area contributed by atoms with Crippen molar-refractivity contribution in [2.45, 2.75) is 0 Å². The number of benzene rings is 1. The zero-order valence-corrected chi connectivity index (χ0v) is 10.0. The largest absolute Gasteiger partial charge is 0.364 e. The van der Waals surface area contributed by atoms with Crippen LogP contribution in [0.4, 0.5) is 10.1 Å². The van der Waals surface area contributed by atoms with Gasteiger partial charge in [-0.05, 0) is 40.8 Å². The summed E-state index contributed by atoms with van der Waals surface area (Å²) in [6.45, 7) is 0. The molecule has 0 aliphatic heterocycles. The van der Waals surface area contributed by atoms with Crippen LogP contribution in [0.15, 0.2) is 23.3 Å². The van der Waals surface area contributed by atoms with Crippen molar-refractivity contribution in [2.75, 3.05) is 5.43 Å². The Balaban J connectivity index is 2.90. The van der Waals surface area contributed by atoms with Crippen LogP contribution in [0.1, 0.15) is 0 Å². The number of carbonyl (C=O) groups is 1. The number of primary amides is 1. The highest BCUT2D eigenvalue weighted by Gasteiger charge is 2.06. The second kappa shape index (κ2) is 5.41. The lowest BCUT2D eigenvalue weighted by Crippen LogP contribution is -2.22. The molecule has 0 saturated heterocycles. The molecule has 0 saturated carbocycles. The molecule has 0 radical (unpaired) electrons. The zero-order chi connectivity index (χ0) is 12.1. The van der Waals surface area contributed by atoms with Crippen LogP contribution in [0.5, 0.6) is 0 Å². The number of carbonyl (C=O) groups excluding carboxylic acids is 1. The van der Waals surface area contributed by atoms with Crippen LogP contribution in [-0.4, -0.2) is 11.6 Å². The van der Waals surface area contributed by atoms with Crippen molar-refractivity contribution in [3.05, 3.63) is 27.6 Å². The molecule has 0 aliphatic carbocycles. The van der Waals surface area contributed by atoms with Crippen LogP contribution in [0, 0.1) is 20.7 Å². The van der Waals surface area contributed by atoms with E-state index in [9.17, 15) is 9.18 Å². The number of nitrogens with zero attached hydrogens (tertiary/aromatic N) is 2. The normalized spacial score (nSPS) is 10.7. The van der Waals surface area contributed by atoms with Gasteiger partial charge in [0, 0.05) is 3.57 Å². The second-order valence-corrected chi connectivity index (χ2v) is 3.92. The molecule has 0 aromatic heterocycles. The monoisotopic (exact) mass is 332 g/mol. The number of nitriles is 1. The topological polar surface area (TPSA) is 91.3 Å². The van der Waals surface area contributed by atoms with E-state index < -0.39 is 17.4 Å². The minimum Gasteiger partial charge on any atom is -0.364 e. The third-order valence-corrected chi connectivity index (χ3v) is 2.23. The molecule has 3 N–H and O–H groups in total. The Kier molecular flexibility index (Phi) is 4.19. The summed E-state index contributed by atoms with van der Waals surface area (Å²) in [6, 6.07) is 5.87. The van der Waals surface area contributed by atoms with Crippen molar-refractivity contribution in [1.29, 1.82) is 5.26 Å². The number of hydrogen-bond donors (Lipinski definition) is 2. The molecule has 7 heteroatoms. The third-order valence-electron chi connectivity index (χ3n) is 1.56. The fourth-order valence-corrected chi connectivity index (χ4v) is 1.28. The van der Waals surface area contributed by atoms with Gasteiger partial charge in [-0.2, -0.15) is 10.4 Å². The third kappa shape index (κ3) is 3.16. The smallest absolute Gasteiger partial charge is 0.280 e. The van der Waals surface area contributed by atoms with Gasteiger partial charge in [-0.15, -0.1) is 0 Å². The summed E-state index contributed by atoms with van der Waals surface area (Å²) in [4.78, 5) is 10.6. The van der Waals surface area contributed by atoms with Gasteiger partial charge in [-0.1, -0.05) is 0 Å². The molecule has 1 aromatic rings. The lowest BCUT2D eigenvalue weighted by atomic mass is 10.3. The maximum atomic E-state index is 13.3. The Hall–Kier alpha value is -1.69. The number of hydrogen-bond acceptors (Lipinski definition) is 4. The van der Waals surface area contributed by atoms with Gasteiger partial charge in [0.25, 0.3) is 5.91 Å². The van der Waals surface area contributed by atoms with Crippen LogP contribution >= 0.6 is 22.6 Å². The number of amides is 1. The molecule has 0 bridgehead atoms. The standard InChI is InChI=1S/C9H6FIN4O/c10-6-3-5(11)1-2-7(6)14-15-8(4-12)9(13)16/h1-3,14H,(H2,13,16). The van der Waals surface area contributed by atoms with Gasteiger partial charge in [-0.3, -0.25) is 10.2 Å². The highest BCUT2D eigenvalue weighted by Crippen LogP contribution is 2.16. The first-order chi connectivity index (χ1) is 7.54.